The first kappa shape index (κ1) is 12.6. The summed E-state index contributed by atoms with van der Waals surface area (Å²) < 4.78 is 5.44. The first-order valence-corrected chi connectivity index (χ1v) is 6.67. The van der Waals surface area contributed by atoms with Gasteiger partial charge >= 0.3 is 0 Å². The van der Waals surface area contributed by atoms with Crippen LogP contribution in [0.2, 0.25) is 0 Å². The Labute approximate surface area is 103 Å². The van der Waals surface area contributed by atoms with Crippen LogP contribution in [0.4, 0.5) is 0 Å². The van der Waals surface area contributed by atoms with Crippen LogP contribution in [0.15, 0.2) is 4.52 Å². The lowest BCUT2D eigenvalue weighted by molar-refractivity contribution is 0.231. The van der Waals surface area contributed by atoms with Crippen LogP contribution < -0.4 is 5.32 Å². The van der Waals surface area contributed by atoms with E-state index in [0.717, 1.165) is 11.7 Å². The minimum atomic E-state index is 0.112. The molecule has 0 aliphatic heterocycles. The molecule has 1 fully saturated rings. The Morgan fingerprint density at radius 1 is 1.29 bits per heavy atom. The summed E-state index contributed by atoms with van der Waals surface area (Å²) in [6.07, 6.45) is 6.24. The molecule has 0 bridgehead atoms. The lowest BCUT2D eigenvalue weighted by atomic mass is 9.76. The second-order valence-electron chi connectivity index (χ2n) is 5.67. The van der Waals surface area contributed by atoms with Crippen LogP contribution in [-0.2, 0) is 12.0 Å². The summed E-state index contributed by atoms with van der Waals surface area (Å²) >= 11 is 0. The smallest absolute Gasteiger partial charge is 0.232 e. The highest BCUT2D eigenvalue weighted by Gasteiger charge is 2.34. The van der Waals surface area contributed by atoms with Gasteiger partial charge in [0, 0.05) is 11.5 Å². The summed E-state index contributed by atoms with van der Waals surface area (Å²) in [5.41, 5.74) is 0.112. The Kier molecular flexibility index (Phi) is 3.82. The third-order valence-electron chi connectivity index (χ3n) is 3.61. The van der Waals surface area contributed by atoms with E-state index in [-0.39, 0.29) is 5.41 Å². The third kappa shape index (κ3) is 3.06. The van der Waals surface area contributed by atoms with Crippen LogP contribution in [-0.4, -0.2) is 16.2 Å². The highest BCUT2D eigenvalue weighted by atomic mass is 16.5. The van der Waals surface area contributed by atoms with E-state index in [4.69, 9.17) is 4.52 Å². The molecule has 0 unspecified atom stereocenters. The maximum Gasteiger partial charge on any atom is 0.232 e. The molecule has 96 valence electrons. The summed E-state index contributed by atoms with van der Waals surface area (Å²) in [7, 11) is 0. The zero-order valence-corrected chi connectivity index (χ0v) is 11.1. The molecule has 1 aromatic rings. The van der Waals surface area contributed by atoms with Gasteiger partial charge in [-0.05, 0) is 12.8 Å². The van der Waals surface area contributed by atoms with Crippen LogP contribution in [0.3, 0.4) is 0 Å². The van der Waals surface area contributed by atoms with Crippen LogP contribution in [0.25, 0.3) is 0 Å². The fraction of sp³-hybridized carbons (Fsp3) is 0.846. The van der Waals surface area contributed by atoms with E-state index in [1.807, 2.05) is 0 Å². The molecule has 0 radical (unpaired) electrons. The molecule has 1 aromatic heterocycles. The molecule has 0 aromatic carbocycles. The normalized spacial score (nSPS) is 19.8. The van der Waals surface area contributed by atoms with E-state index in [2.05, 4.69) is 36.2 Å². The monoisotopic (exact) mass is 237 g/mol. The van der Waals surface area contributed by atoms with Crippen molar-refractivity contribution in [3.8, 4) is 0 Å². The second kappa shape index (κ2) is 5.17. The van der Waals surface area contributed by atoms with Crippen molar-refractivity contribution in [1.29, 1.82) is 0 Å². The number of hydrogen-bond donors (Lipinski definition) is 1. The predicted octanol–water partition coefficient (Wildman–Crippen LogP) is 2.79. The fourth-order valence-corrected chi connectivity index (χ4v) is 2.41. The lowest BCUT2D eigenvalue weighted by Crippen LogP contribution is -2.26. The SMILES string of the molecule is CC(C)NCc1noc(C2(C)CCCCC2)n1. The van der Waals surface area contributed by atoms with E-state index in [9.17, 15) is 0 Å². The molecule has 4 heteroatoms. The molecule has 1 N–H and O–H groups in total. The summed E-state index contributed by atoms with van der Waals surface area (Å²) in [6, 6.07) is 0.446. The molecule has 2 rings (SSSR count). The van der Waals surface area contributed by atoms with Crippen LogP contribution in [0.5, 0.6) is 0 Å². The van der Waals surface area contributed by atoms with Gasteiger partial charge in [-0.15, -0.1) is 0 Å². The fourth-order valence-electron chi connectivity index (χ4n) is 2.41. The number of nitrogens with zero attached hydrogens (tertiary/aromatic N) is 2. The zero-order chi connectivity index (χ0) is 12.3. The van der Waals surface area contributed by atoms with Crippen molar-refractivity contribution < 1.29 is 4.52 Å². The molecule has 0 spiro atoms. The summed E-state index contributed by atoms with van der Waals surface area (Å²) in [6.45, 7) is 7.17. The minimum Gasteiger partial charge on any atom is -0.339 e. The first-order valence-electron chi connectivity index (χ1n) is 6.67. The molecule has 1 aliphatic carbocycles. The van der Waals surface area contributed by atoms with E-state index in [1.165, 1.54) is 32.1 Å². The average molecular weight is 237 g/mol. The van der Waals surface area contributed by atoms with Crippen molar-refractivity contribution in [2.24, 2.45) is 0 Å². The largest absolute Gasteiger partial charge is 0.339 e. The average Bonchev–Trinajstić information content (AvgIpc) is 2.76. The van der Waals surface area contributed by atoms with Gasteiger partial charge in [0.1, 0.15) is 0 Å². The maximum absolute atomic E-state index is 5.44. The molecule has 0 saturated heterocycles. The van der Waals surface area contributed by atoms with Gasteiger partial charge in [0.25, 0.3) is 0 Å². The highest BCUT2D eigenvalue weighted by molar-refractivity contribution is 5.04. The maximum atomic E-state index is 5.44. The van der Waals surface area contributed by atoms with E-state index in [0.29, 0.717) is 12.6 Å². The first-order chi connectivity index (χ1) is 8.10. The Bertz CT molecular complexity index is 353. The van der Waals surface area contributed by atoms with Gasteiger partial charge in [0.05, 0.1) is 6.54 Å². The summed E-state index contributed by atoms with van der Waals surface area (Å²) in [4.78, 5) is 4.54. The van der Waals surface area contributed by atoms with Gasteiger partial charge in [-0.2, -0.15) is 4.98 Å². The van der Waals surface area contributed by atoms with Crippen molar-refractivity contribution in [2.75, 3.05) is 0 Å². The van der Waals surface area contributed by atoms with Gasteiger partial charge in [0.15, 0.2) is 5.82 Å². The Hall–Kier alpha value is -0.900. The zero-order valence-electron chi connectivity index (χ0n) is 11.1. The minimum absolute atomic E-state index is 0.112. The molecular formula is C13H23N3O. The second-order valence-corrected chi connectivity index (χ2v) is 5.67. The Morgan fingerprint density at radius 2 is 2.00 bits per heavy atom. The molecule has 1 heterocycles. The summed E-state index contributed by atoms with van der Waals surface area (Å²) in [5, 5.41) is 7.37. The number of rotatable bonds is 4. The summed E-state index contributed by atoms with van der Waals surface area (Å²) in [5.74, 6) is 1.61. The Balaban J connectivity index is 2.01. The van der Waals surface area contributed by atoms with Crippen LogP contribution in [0, 0.1) is 0 Å². The number of hydrogen-bond acceptors (Lipinski definition) is 4. The van der Waals surface area contributed by atoms with E-state index >= 15 is 0 Å². The Morgan fingerprint density at radius 3 is 2.65 bits per heavy atom. The third-order valence-corrected chi connectivity index (χ3v) is 3.61. The molecule has 4 nitrogen and oxygen atoms in total. The molecule has 1 aliphatic rings. The topological polar surface area (TPSA) is 51.0 Å². The molecule has 0 amide bonds. The predicted molar refractivity (Wildman–Crippen MR) is 66.7 cm³/mol. The highest BCUT2D eigenvalue weighted by Crippen LogP contribution is 2.37. The van der Waals surface area contributed by atoms with Crippen molar-refractivity contribution in [2.45, 2.75) is 70.9 Å². The van der Waals surface area contributed by atoms with Crippen molar-refractivity contribution in [3.63, 3.8) is 0 Å². The molecule has 0 atom stereocenters. The standard InChI is InChI=1S/C13H23N3O/c1-10(2)14-9-11-15-12(17-16-11)13(3)7-5-4-6-8-13/h10,14H,4-9H2,1-3H3. The molecule has 17 heavy (non-hydrogen) atoms. The molecular weight excluding hydrogens is 214 g/mol. The van der Waals surface area contributed by atoms with Crippen LogP contribution >= 0.6 is 0 Å². The number of aromatic nitrogens is 2. The van der Waals surface area contributed by atoms with Gasteiger partial charge in [-0.3, -0.25) is 0 Å². The number of nitrogens with one attached hydrogen (secondary N) is 1. The van der Waals surface area contributed by atoms with Crippen LogP contribution in [0.1, 0.15) is 64.6 Å². The van der Waals surface area contributed by atoms with E-state index in [1.54, 1.807) is 0 Å². The van der Waals surface area contributed by atoms with E-state index < -0.39 is 0 Å². The van der Waals surface area contributed by atoms with Gasteiger partial charge in [0.2, 0.25) is 5.89 Å². The van der Waals surface area contributed by atoms with Gasteiger partial charge < -0.3 is 9.84 Å². The van der Waals surface area contributed by atoms with Crippen molar-refractivity contribution in [3.05, 3.63) is 11.7 Å². The van der Waals surface area contributed by atoms with Gasteiger partial charge in [-0.25, -0.2) is 0 Å². The van der Waals surface area contributed by atoms with Crippen molar-refractivity contribution >= 4 is 0 Å². The lowest BCUT2D eigenvalue weighted by Gasteiger charge is -2.29. The molecule has 1 saturated carbocycles. The van der Waals surface area contributed by atoms with Gasteiger partial charge in [-0.1, -0.05) is 45.2 Å². The van der Waals surface area contributed by atoms with Crippen molar-refractivity contribution in [1.82, 2.24) is 15.5 Å². The quantitative estimate of drug-likeness (QED) is 0.875.